The first kappa shape index (κ1) is 18.6. The molecule has 0 bridgehead atoms. The van der Waals surface area contributed by atoms with Crippen LogP contribution in [-0.4, -0.2) is 19.6 Å². The fraction of sp³-hybridized carbons (Fsp3) is 0.350. The molecular formula is C20H25NO4. The predicted molar refractivity (Wildman–Crippen MR) is 97.8 cm³/mol. The van der Waals surface area contributed by atoms with Gasteiger partial charge >= 0.3 is 0 Å². The third kappa shape index (κ3) is 5.41. The lowest BCUT2D eigenvalue weighted by Gasteiger charge is -2.10. The molecule has 0 fully saturated rings. The first-order chi connectivity index (χ1) is 12.0. The molecule has 0 spiro atoms. The molecule has 0 unspecified atom stereocenters. The zero-order valence-electron chi connectivity index (χ0n) is 15.2. The molecular weight excluding hydrogens is 318 g/mol. The zero-order chi connectivity index (χ0) is 18.2. The normalized spacial score (nSPS) is 10.9. The van der Waals surface area contributed by atoms with Crippen molar-refractivity contribution in [1.82, 2.24) is 5.32 Å². The Morgan fingerprint density at radius 3 is 2.68 bits per heavy atom. The van der Waals surface area contributed by atoms with Crippen LogP contribution in [0.1, 0.15) is 36.0 Å². The summed E-state index contributed by atoms with van der Waals surface area (Å²) in [6.07, 6.45) is 4.18. The monoisotopic (exact) mass is 343 g/mol. The first-order valence-electron chi connectivity index (χ1n) is 8.36. The summed E-state index contributed by atoms with van der Waals surface area (Å²) in [4.78, 5) is 12.0. The van der Waals surface area contributed by atoms with Gasteiger partial charge in [-0.1, -0.05) is 13.0 Å². The summed E-state index contributed by atoms with van der Waals surface area (Å²) in [6, 6.07) is 7.52. The van der Waals surface area contributed by atoms with Crippen molar-refractivity contribution in [2.75, 3.05) is 13.7 Å². The fourth-order valence-electron chi connectivity index (χ4n) is 2.39. The molecule has 25 heavy (non-hydrogen) atoms. The average Bonchev–Trinajstić information content (AvgIpc) is 2.93. The van der Waals surface area contributed by atoms with Crippen LogP contribution in [0.3, 0.4) is 0 Å². The highest BCUT2D eigenvalue weighted by atomic mass is 16.5. The van der Waals surface area contributed by atoms with Gasteiger partial charge in [0.2, 0.25) is 5.91 Å². The van der Waals surface area contributed by atoms with E-state index in [1.54, 1.807) is 13.2 Å². The number of hydrogen-bond donors (Lipinski definition) is 1. The molecule has 2 aromatic rings. The van der Waals surface area contributed by atoms with E-state index >= 15 is 0 Å². The summed E-state index contributed by atoms with van der Waals surface area (Å²) in [5.41, 5.74) is 1.85. The molecule has 1 amide bonds. The number of aryl methyl sites for hydroxylation is 2. The number of hydrogen-bond acceptors (Lipinski definition) is 4. The number of ether oxygens (including phenoxy) is 2. The van der Waals surface area contributed by atoms with Crippen molar-refractivity contribution in [3.8, 4) is 11.5 Å². The predicted octanol–water partition coefficient (Wildman–Crippen LogP) is 4.02. The van der Waals surface area contributed by atoms with Gasteiger partial charge < -0.3 is 19.2 Å². The Labute approximate surface area is 148 Å². The van der Waals surface area contributed by atoms with Gasteiger partial charge in [0.05, 0.1) is 13.7 Å². The van der Waals surface area contributed by atoms with Crippen LogP contribution >= 0.6 is 0 Å². The number of nitrogens with one attached hydrogen (secondary N) is 1. The zero-order valence-corrected chi connectivity index (χ0v) is 15.2. The Morgan fingerprint density at radius 1 is 1.24 bits per heavy atom. The van der Waals surface area contributed by atoms with Gasteiger partial charge in [-0.25, -0.2) is 0 Å². The second-order valence-electron chi connectivity index (χ2n) is 5.75. The van der Waals surface area contributed by atoms with Crippen molar-refractivity contribution in [1.29, 1.82) is 0 Å². The van der Waals surface area contributed by atoms with Gasteiger partial charge in [0.15, 0.2) is 11.5 Å². The topological polar surface area (TPSA) is 60.7 Å². The highest BCUT2D eigenvalue weighted by molar-refractivity contribution is 5.91. The molecule has 0 saturated heterocycles. The van der Waals surface area contributed by atoms with Crippen molar-refractivity contribution < 1.29 is 18.7 Å². The minimum Gasteiger partial charge on any atom is -0.493 e. The smallest absolute Gasteiger partial charge is 0.244 e. The number of methoxy groups -OCH3 is 1. The van der Waals surface area contributed by atoms with Crippen molar-refractivity contribution in [2.45, 2.75) is 33.7 Å². The van der Waals surface area contributed by atoms with E-state index in [2.05, 4.69) is 12.2 Å². The number of benzene rings is 1. The van der Waals surface area contributed by atoms with Gasteiger partial charge in [-0.2, -0.15) is 0 Å². The van der Waals surface area contributed by atoms with Crippen LogP contribution in [0.2, 0.25) is 0 Å². The second-order valence-corrected chi connectivity index (χ2v) is 5.75. The van der Waals surface area contributed by atoms with Crippen molar-refractivity contribution >= 4 is 12.0 Å². The molecule has 0 saturated carbocycles. The maximum Gasteiger partial charge on any atom is 0.244 e. The lowest BCUT2D eigenvalue weighted by Crippen LogP contribution is -2.20. The van der Waals surface area contributed by atoms with Gasteiger partial charge in [-0.15, -0.1) is 0 Å². The Kier molecular flexibility index (Phi) is 6.69. The molecule has 1 heterocycles. The summed E-state index contributed by atoms with van der Waals surface area (Å²) in [7, 11) is 1.60. The van der Waals surface area contributed by atoms with Crippen LogP contribution in [0.5, 0.6) is 11.5 Å². The average molecular weight is 343 g/mol. The molecule has 1 aromatic heterocycles. The van der Waals surface area contributed by atoms with Gasteiger partial charge in [0.25, 0.3) is 0 Å². The van der Waals surface area contributed by atoms with Crippen LogP contribution in [0, 0.1) is 13.8 Å². The maximum absolute atomic E-state index is 12.0. The van der Waals surface area contributed by atoms with E-state index in [4.69, 9.17) is 13.9 Å². The summed E-state index contributed by atoms with van der Waals surface area (Å²) < 4.78 is 16.4. The highest BCUT2D eigenvalue weighted by Gasteiger charge is 2.06. The third-order valence-corrected chi connectivity index (χ3v) is 3.67. The number of furan rings is 1. The second kappa shape index (κ2) is 8.97. The molecule has 5 nitrogen and oxygen atoms in total. The van der Waals surface area contributed by atoms with Crippen molar-refractivity contribution in [2.24, 2.45) is 0 Å². The minimum absolute atomic E-state index is 0.163. The lowest BCUT2D eigenvalue weighted by atomic mass is 10.2. The van der Waals surface area contributed by atoms with E-state index in [0.29, 0.717) is 24.7 Å². The van der Waals surface area contributed by atoms with Crippen LogP contribution in [0.25, 0.3) is 6.08 Å². The first-order valence-corrected chi connectivity index (χ1v) is 8.36. The maximum atomic E-state index is 12.0. The van der Waals surface area contributed by atoms with E-state index < -0.39 is 0 Å². The highest BCUT2D eigenvalue weighted by Crippen LogP contribution is 2.28. The van der Waals surface area contributed by atoms with Gasteiger partial charge in [-0.05, 0) is 50.1 Å². The third-order valence-electron chi connectivity index (χ3n) is 3.67. The molecule has 0 aliphatic rings. The summed E-state index contributed by atoms with van der Waals surface area (Å²) in [5, 5.41) is 2.85. The number of amides is 1. The summed E-state index contributed by atoms with van der Waals surface area (Å²) in [6.45, 7) is 6.91. The standard InChI is InChI=1S/C20H25NO4/c1-5-10-24-18-8-6-16(12-19(18)23-4)7-9-20(22)21-13-17-11-14(2)25-15(17)3/h6-9,11-12H,5,10,13H2,1-4H3,(H,21,22)/b9-7+. The molecule has 0 radical (unpaired) electrons. The minimum atomic E-state index is -0.163. The molecule has 0 atom stereocenters. The quantitative estimate of drug-likeness (QED) is 0.735. The molecule has 134 valence electrons. The number of carbonyl (C=O) groups is 1. The molecule has 1 N–H and O–H groups in total. The molecule has 2 rings (SSSR count). The van der Waals surface area contributed by atoms with Crippen molar-refractivity contribution in [3.05, 3.63) is 53.0 Å². The van der Waals surface area contributed by atoms with E-state index in [0.717, 1.165) is 29.1 Å². The van der Waals surface area contributed by atoms with Gasteiger partial charge in [-0.3, -0.25) is 4.79 Å². The van der Waals surface area contributed by atoms with Crippen LogP contribution < -0.4 is 14.8 Å². The molecule has 5 heteroatoms. The molecule has 0 aliphatic heterocycles. The SMILES string of the molecule is CCCOc1ccc(/C=C/C(=O)NCc2cc(C)oc2C)cc1OC. The van der Waals surface area contributed by atoms with Crippen molar-refractivity contribution in [3.63, 3.8) is 0 Å². The summed E-state index contributed by atoms with van der Waals surface area (Å²) >= 11 is 0. The fourth-order valence-corrected chi connectivity index (χ4v) is 2.39. The van der Waals surface area contributed by atoms with Gasteiger partial charge in [0, 0.05) is 18.2 Å². The van der Waals surface area contributed by atoms with E-state index in [-0.39, 0.29) is 5.91 Å². The van der Waals surface area contributed by atoms with Gasteiger partial charge in [0.1, 0.15) is 11.5 Å². The Balaban J connectivity index is 1.95. The Bertz CT molecular complexity index is 746. The number of rotatable bonds is 8. The van der Waals surface area contributed by atoms with Crippen LogP contribution in [0.4, 0.5) is 0 Å². The Morgan fingerprint density at radius 2 is 2.04 bits per heavy atom. The van der Waals surface area contributed by atoms with Crippen LogP contribution in [0.15, 0.2) is 34.8 Å². The lowest BCUT2D eigenvalue weighted by molar-refractivity contribution is -0.116. The summed E-state index contributed by atoms with van der Waals surface area (Å²) in [5.74, 6) is 2.87. The van der Waals surface area contributed by atoms with E-state index in [9.17, 15) is 4.79 Å². The van der Waals surface area contributed by atoms with Crippen LogP contribution in [-0.2, 0) is 11.3 Å². The van der Waals surface area contributed by atoms with E-state index in [1.165, 1.54) is 6.08 Å². The Hall–Kier alpha value is -2.69. The number of carbonyl (C=O) groups excluding carboxylic acids is 1. The van der Waals surface area contributed by atoms with E-state index in [1.807, 2.05) is 38.1 Å². The largest absolute Gasteiger partial charge is 0.493 e. The molecule has 1 aromatic carbocycles. The molecule has 0 aliphatic carbocycles.